The summed E-state index contributed by atoms with van der Waals surface area (Å²) >= 11 is 0. The van der Waals surface area contributed by atoms with Gasteiger partial charge in [-0.15, -0.1) is 0 Å². The number of anilines is 1. The molecule has 1 aliphatic heterocycles. The van der Waals surface area contributed by atoms with Gasteiger partial charge in [0.2, 0.25) is 0 Å². The summed E-state index contributed by atoms with van der Waals surface area (Å²) in [6.45, 7) is 2.76. The van der Waals surface area contributed by atoms with E-state index in [9.17, 15) is 4.79 Å². The fourth-order valence-corrected chi connectivity index (χ4v) is 3.69. The molecule has 0 atom stereocenters. The fourth-order valence-electron chi connectivity index (χ4n) is 3.69. The molecular formula is C23H18N2O2. The fraction of sp³-hybridized carbons (Fsp3) is 0.130. The number of benzene rings is 3. The smallest absolute Gasteiger partial charge is 0.258 e. The molecule has 0 saturated carbocycles. The highest BCUT2D eigenvalue weighted by Crippen LogP contribution is 2.32. The average Bonchev–Trinajstić information content (AvgIpc) is 3.32. The Bertz CT molecular complexity index is 1160. The topological polar surface area (TPSA) is 46.3 Å². The van der Waals surface area contributed by atoms with Crippen molar-refractivity contribution in [3.8, 4) is 11.3 Å². The molecule has 0 aliphatic carbocycles. The van der Waals surface area contributed by atoms with E-state index in [-0.39, 0.29) is 5.91 Å². The van der Waals surface area contributed by atoms with Crippen molar-refractivity contribution in [2.24, 2.45) is 0 Å². The largest absolute Gasteiger partial charge is 0.355 e. The Labute approximate surface area is 157 Å². The van der Waals surface area contributed by atoms with Gasteiger partial charge in [-0.3, -0.25) is 4.79 Å². The van der Waals surface area contributed by atoms with Gasteiger partial charge in [0.1, 0.15) is 5.52 Å². The first-order valence-electron chi connectivity index (χ1n) is 9.07. The molecule has 5 rings (SSSR count). The third-order valence-electron chi connectivity index (χ3n) is 5.17. The number of amides is 1. The second-order valence-corrected chi connectivity index (χ2v) is 6.95. The van der Waals surface area contributed by atoms with Gasteiger partial charge in [-0.25, -0.2) is 0 Å². The van der Waals surface area contributed by atoms with Crippen LogP contribution in [0.25, 0.3) is 22.2 Å². The van der Waals surface area contributed by atoms with Gasteiger partial charge in [0.05, 0.1) is 5.39 Å². The first kappa shape index (κ1) is 15.8. The van der Waals surface area contributed by atoms with Crippen LogP contribution in [0.15, 0.2) is 71.3 Å². The minimum Gasteiger partial charge on any atom is -0.355 e. The summed E-state index contributed by atoms with van der Waals surface area (Å²) < 4.78 is 5.58. The number of fused-ring (bicyclic) bond motifs is 2. The summed E-state index contributed by atoms with van der Waals surface area (Å²) in [5.41, 5.74) is 5.77. The van der Waals surface area contributed by atoms with Crippen LogP contribution >= 0.6 is 0 Å². The molecule has 27 heavy (non-hydrogen) atoms. The van der Waals surface area contributed by atoms with Crippen LogP contribution in [0, 0.1) is 6.92 Å². The standard InChI is InChI=1S/C23H18N2O2/c1-15-6-8-17(9-7-15)22-19-14-18(10-11-20(19)24-27-22)23(26)25-13-12-16-4-2-3-5-21(16)25/h2-11,14H,12-13H2,1H3. The van der Waals surface area contributed by atoms with Gasteiger partial charge < -0.3 is 9.42 Å². The maximum absolute atomic E-state index is 13.1. The van der Waals surface area contributed by atoms with E-state index in [1.165, 1.54) is 11.1 Å². The van der Waals surface area contributed by atoms with Gasteiger partial charge in [0, 0.05) is 23.4 Å². The zero-order valence-corrected chi connectivity index (χ0v) is 15.0. The lowest BCUT2D eigenvalue weighted by Crippen LogP contribution is -2.28. The van der Waals surface area contributed by atoms with Crippen LogP contribution in [0.4, 0.5) is 5.69 Å². The Morgan fingerprint density at radius 1 is 1.04 bits per heavy atom. The number of hydrogen-bond donors (Lipinski definition) is 0. The third kappa shape index (κ3) is 2.61. The molecule has 0 N–H and O–H groups in total. The molecule has 1 aliphatic rings. The summed E-state index contributed by atoms with van der Waals surface area (Å²) in [6, 6.07) is 21.8. The first-order valence-corrected chi connectivity index (χ1v) is 9.07. The predicted octanol–water partition coefficient (Wildman–Crippen LogP) is 5.01. The molecule has 3 aromatic carbocycles. The lowest BCUT2D eigenvalue weighted by molar-refractivity contribution is 0.0989. The van der Waals surface area contributed by atoms with E-state index in [4.69, 9.17) is 4.52 Å². The van der Waals surface area contributed by atoms with Crippen LogP contribution in [0.5, 0.6) is 0 Å². The second-order valence-electron chi connectivity index (χ2n) is 6.95. The molecule has 0 fully saturated rings. The van der Waals surface area contributed by atoms with Crippen molar-refractivity contribution in [1.29, 1.82) is 0 Å². The van der Waals surface area contributed by atoms with E-state index in [1.54, 1.807) is 0 Å². The van der Waals surface area contributed by atoms with Gasteiger partial charge >= 0.3 is 0 Å². The molecule has 1 aromatic heterocycles. The minimum atomic E-state index is 0.0120. The van der Waals surface area contributed by atoms with E-state index in [2.05, 4.69) is 11.2 Å². The minimum absolute atomic E-state index is 0.0120. The third-order valence-corrected chi connectivity index (χ3v) is 5.17. The summed E-state index contributed by atoms with van der Waals surface area (Å²) in [5.74, 6) is 0.708. The predicted molar refractivity (Wildman–Crippen MR) is 106 cm³/mol. The van der Waals surface area contributed by atoms with Crippen LogP contribution in [-0.2, 0) is 6.42 Å². The Morgan fingerprint density at radius 2 is 1.85 bits per heavy atom. The Hall–Kier alpha value is -3.40. The Kier molecular flexibility index (Phi) is 3.57. The monoisotopic (exact) mass is 354 g/mol. The van der Waals surface area contributed by atoms with Crippen LogP contribution in [0.3, 0.4) is 0 Å². The summed E-state index contributed by atoms with van der Waals surface area (Å²) in [6.07, 6.45) is 0.895. The molecule has 132 valence electrons. The Morgan fingerprint density at radius 3 is 2.70 bits per heavy atom. The normalized spacial score (nSPS) is 13.1. The van der Waals surface area contributed by atoms with Crippen molar-refractivity contribution in [3.05, 3.63) is 83.4 Å². The number of carbonyl (C=O) groups excluding carboxylic acids is 1. The van der Waals surface area contributed by atoms with Gasteiger partial charge in [-0.1, -0.05) is 53.2 Å². The van der Waals surface area contributed by atoms with Gasteiger partial charge in [-0.2, -0.15) is 0 Å². The molecule has 4 aromatic rings. The zero-order valence-electron chi connectivity index (χ0n) is 15.0. The zero-order chi connectivity index (χ0) is 18.4. The number of hydrogen-bond acceptors (Lipinski definition) is 3. The lowest BCUT2D eigenvalue weighted by Gasteiger charge is -2.17. The number of rotatable bonds is 2. The van der Waals surface area contributed by atoms with Crippen molar-refractivity contribution < 1.29 is 9.32 Å². The van der Waals surface area contributed by atoms with Crippen LogP contribution in [0.2, 0.25) is 0 Å². The number of aromatic nitrogens is 1. The van der Waals surface area contributed by atoms with Crippen molar-refractivity contribution in [2.75, 3.05) is 11.4 Å². The number of para-hydroxylation sites is 1. The van der Waals surface area contributed by atoms with Crippen molar-refractivity contribution in [3.63, 3.8) is 0 Å². The van der Waals surface area contributed by atoms with E-state index in [1.807, 2.05) is 72.5 Å². The van der Waals surface area contributed by atoms with Gasteiger partial charge in [-0.05, 0) is 43.2 Å². The maximum atomic E-state index is 13.1. The van der Waals surface area contributed by atoms with Crippen molar-refractivity contribution >= 4 is 22.5 Å². The average molecular weight is 354 g/mol. The quantitative estimate of drug-likeness (QED) is 0.508. The lowest BCUT2D eigenvalue weighted by atomic mass is 10.0. The number of nitrogens with zero attached hydrogens (tertiary/aromatic N) is 2. The highest BCUT2D eigenvalue weighted by Gasteiger charge is 2.25. The van der Waals surface area contributed by atoms with E-state index in [0.29, 0.717) is 17.9 Å². The van der Waals surface area contributed by atoms with Crippen LogP contribution in [0.1, 0.15) is 21.5 Å². The molecule has 0 saturated heterocycles. The van der Waals surface area contributed by atoms with Crippen molar-refractivity contribution in [2.45, 2.75) is 13.3 Å². The maximum Gasteiger partial charge on any atom is 0.258 e. The summed E-state index contributed by atoms with van der Waals surface area (Å²) in [7, 11) is 0. The molecular weight excluding hydrogens is 336 g/mol. The van der Waals surface area contributed by atoms with E-state index < -0.39 is 0 Å². The molecule has 4 nitrogen and oxygen atoms in total. The van der Waals surface area contributed by atoms with E-state index in [0.717, 1.165) is 28.6 Å². The Balaban J connectivity index is 1.56. The summed E-state index contributed by atoms with van der Waals surface area (Å²) in [5, 5.41) is 5.01. The van der Waals surface area contributed by atoms with Gasteiger partial charge in [0.25, 0.3) is 5.91 Å². The second kappa shape index (κ2) is 6.09. The highest BCUT2D eigenvalue weighted by atomic mass is 16.5. The van der Waals surface area contributed by atoms with Crippen LogP contribution in [-0.4, -0.2) is 17.6 Å². The van der Waals surface area contributed by atoms with Crippen molar-refractivity contribution in [1.82, 2.24) is 5.16 Å². The number of carbonyl (C=O) groups is 1. The van der Waals surface area contributed by atoms with Gasteiger partial charge in [0.15, 0.2) is 5.76 Å². The molecule has 0 unspecified atom stereocenters. The SMILES string of the molecule is Cc1ccc(-c2onc3ccc(C(=O)N4CCc5ccccc54)cc23)cc1. The molecule has 2 heterocycles. The molecule has 1 amide bonds. The molecule has 0 bridgehead atoms. The number of aryl methyl sites for hydroxylation is 1. The first-order chi connectivity index (χ1) is 13.2. The highest BCUT2D eigenvalue weighted by molar-refractivity contribution is 6.09. The van der Waals surface area contributed by atoms with Crippen LogP contribution < -0.4 is 4.90 Å². The summed E-state index contributed by atoms with van der Waals surface area (Å²) in [4.78, 5) is 15.0. The van der Waals surface area contributed by atoms with E-state index >= 15 is 0 Å². The molecule has 0 radical (unpaired) electrons. The molecule has 4 heteroatoms. The molecule has 0 spiro atoms.